The van der Waals surface area contributed by atoms with Crippen LogP contribution in [-0.2, 0) is 10.3 Å². The van der Waals surface area contributed by atoms with E-state index < -0.39 is 22.3 Å². The molecule has 1 aromatic rings. The molecule has 0 aromatic carbocycles. The third-order valence-electron chi connectivity index (χ3n) is 2.34. The molecule has 18 heavy (non-hydrogen) atoms. The largest absolute Gasteiger partial charge is 0.490 e. The lowest BCUT2D eigenvalue weighted by atomic mass is 9.98. The number of hydrogen-bond acceptors (Lipinski definition) is 7. The maximum absolute atomic E-state index is 11.5. The molecule has 0 radical (unpaired) electrons. The van der Waals surface area contributed by atoms with Crippen LogP contribution >= 0.6 is 0 Å². The highest BCUT2D eigenvalue weighted by Crippen LogP contribution is 2.17. The number of hydrogen-bond donors (Lipinski definition) is 2. The molecule has 0 spiro atoms. The molecule has 10 nitrogen and oxygen atoms in total. The van der Waals surface area contributed by atoms with Crippen LogP contribution in [0.15, 0.2) is 11.5 Å². The summed E-state index contributed by atoms with van der Waals surface area (Å²) in [7, 11) is 1.37. The minimum absolute atomic E-state index is 0.246. The van der Waals surface area contributed by atoms with Crippen molar-refractivity contribution in [3.8, 4) is 0 Å². The Morgan fingerprint density at radius 2 is 2.28 bits per heavy atom. The second-order valence-corrected chi connectivity index (χ2v) is 3.83. The third-order valence-corrected chi connectivity index (χ3v) is 2.34. The van der Waals surface area contributed by atoms with E-state index in [2.05, 4.69) is 20.6 Å². The quantitative estimate of drug-likeness (QED) is 0.322. The van der Waals surface area contributed by atoms with Crippen molar-refractivity contribution in [2.75, 3.05) is 7.05 Å². The standard InChI is InChI=1S/C8H12N6O4/c1-8(2,5(12-16)6(15)9-3)13-4-10-7(11-13)14(17)18/h4,16H,1-3H3,(H,9,15). The molecule has 1 aromatic heterocycles. The summed E-state index contributed by atoms with van der Waals surface area (Å²) in [4.78, 5) is 24.7. The van der Waals surface area contributed by atoms with Crippen LogP contribution in [0.25, 0.3) is 0 Å². The molecule has 1 amide bonds. The summed E-state index contributed by atoms with van der Waals surface area (Å²) in [5.74, 6) is -1.22. The Kier molecular flexibility index (Phi) is 3.59. The van der Waals surface area contributed by atoms with Crippen LogP contribution < -0.4 is 5.32 Å². The molecule has 0 saturated heterocycles. The predicted octanol–water partition coefficient (Wildman–Crippen LogP) is -0.502. The Labute approximate surface area is 101 Å². The van der Waals surface area contributed by atoms with Crippen molar-refractivity contribution in [1.29, 1.82) is 0 Å². The molecule has 0 atom stereocenters. The fourth-order valence-corrected chi connectivity index (χ4v) is 1.28. The Morgan fingerprint density at radius 1 is 1.67 bits per heavy atom. The number of rotatable bonds is 4. The summed E-state index contributed by atoms with van der Waals surface area (Å²) in [6.07, 6.45) is 1.09. The first-order chi connectivity index (χ1) is 8.34. The summed E-state index contributed by atoms with van der Waals surface area (Å²) in [6, 6.07) is 0. The van der Waals surface area contributed by atoms with E-state index in [-0.39, 0.29) is 5.71 Å². The van der Waals surface area contributed by atoms with Gasteiger partial charge in [0, 0.05) is 12.1 Å². The monoisotopic (exact) mass is 256 g/mol. The molecule has 0 aliphatic carbocycles. The van der Waals surface area contributed by atoms with Crippen LogP contribution in [0, 0.1) is 10.1 Å². The topological polar surface area (TPSA) is 136 Å². The highest BCUT2D eigenvalue weighted by atomic mass is 16.6. The van der Waals surface area contributed by atoms with Gasteiger partial charge in [-0.15, -0.1) is 0 Å². The normalized spacial score (nSPS) is 12.3. The fraction of sp³-hybridized carbons (Fsp3) is 0.500. The van der Waals surface area contributed by atoms with Gasteiger partial charge in [-0.2, -0.15) is 4.68 Å². The van der Waals surface area contributed by atoms with Gasteiger partial charge in [-0.3, -0.25) is 4.79 Å². The van der Waals surface area contributed by atoms with E-state index in [0.717, 1.165) is 11.0 Å². The average Bonchev–Trinajstić information content (AvgIpc) is 2.79. The Hall–Kier alpha value is -2.52. The minimum atomic E-state index is -1.18. The van der Waals surface area contributed by atoms with Crippen molar-refractivity contribution in [2.45, 2.75) is 19.4 Å². The maximum Gasteiger partial charge on any atom is 0.490 e. The maximum atomic E-state index is 11.5. The van der Waals surface area contributed by atoms with Crippen molar-refractivity contribution in [2.24, 2.45) is 5.16 Å². The van der Waals surface area contributed by atoms with Crippen molar-refractivity contribution >= 4 is 17.6 Å². The molecule has 0 unspecified atom stereocenters. The molecule has 0 bridgehead atoms. The van der Waals surface area contributed by atoms with E-state index in [1.165, 1.54) is 20.9 Å². The van der Waals surface area contributed by atoms with Crippen molar-refractivity contribution in [1.82, 2.24) is 20.1 Å². The molecule has 2 N–H and O–H groups in total. The lowest BCUT2D eigenvalue weighted by molar-refractivity contribution is -0.394. The summed E-state index contributed by atoms with van der Waals surface area (Å²) in [6.45, 7) is 3.02. The van der Waals surface area contributed by atoms with Crippen LogP contribution in [0.5, 0.6) is 0 Å². The number of nitrogens with zero attached hydrogens (tertiary/aromatic N) is 5. The van der Waals surface area contributed by atoms with Crippen molar-refractivity contribution < 1.29 is 14.9 Å². The second kappa shape index (κ2) is 4.77. The number of amides is 1. The molecular formula is C8H12N6O4. The molecule has 0 fully saturated rings. The van der Waals surface area contributed by atoms with Crippen LogP contribution in [0.2, 0.25) is 0 Å². The highest BCUT2D eigenvalue weighted by Gasteiger charge is 2.37. The summed E-state index contributed by atoms with van der Waals surface area (Å²) in [5.41, 5.74) is -1.43. The highest BCUT2D eigenvalue weighted by molar-refractivity contribution is 6.41. The molecule has 10 heteroatoms. The Bertz CT molecular complexity index is 505. The summed E-state index contributed by atoms with van der Waals surface area (Å²) < 4.78 is 1.08. The molecule has 0 saturated carbocycles. The van der Waals surface area contributed by atoms with Gasteiger partial charge < -0.3 is 20.6 Å². The molecule has 98 valence electrons. The molecule has 0 aliphatic heterocycles. The number of aromatic nitrogens is 3. The number of carbonyl (C=O) groups excluding carboxylic acids is 1. The van der Waals surface area contributed by atoms with Gasteiger partial charge in [0.15, 0.2) is 5.71 Å². The third kappa shape index (κ3) is 2.26. The van der Waals surface area contributed by atoms with E-state index in [9.17, 15) is 14.9 Å². The first-order valence-corrected chi connectivity index (χ1v) is 4.85. The first kappa shape index (κ1) is 13.5. The van der Waals surface area contributed by atoms with Gasteiger partial charge in [-0.25, -0.2) is 0 Å². The van der Waals surface area contributed by atoms with Gasteiger partial charge in [0.25, 0.3) is 5.91 Å². The Balaban J connectivity index is 3.18. The van der Waals surface area contributed by atoms with Crippen LogP contribution in [-0.4, -0.2) is 43.6 Å². The number of nitro groups is 1. The molecular weight excluding hydrogens is 244 g/mol. The molecule has 0 aliphatic rings. The zero-order chi connectivity index (χ0) is 13.9. The van der Waals surface area contributed by atoms with Crippen LogP contribution in [0.4, 0.5) is 5.95 Å². The number of oxime groups is 1. The van der Waals surface area contributed by atoms with Gasteiger partial charge in [0.2, 0.25) is 6.33 Å². The average molecular weight is 256 g/mol. The van der Waals surface area contributed by atoms with E-state index >= 15 is 0 Å². The van der Waals surface area contributed by atoms with E-state index in [4.69, 9.17) is 5.21 Å². The zero-order valence-corrected chi connectivity index (χ0v) is 9.99. The van der Waals surface area contributed by atoms with E-state index in [1.54, 1.807) is 0 Å². The van der Waals surface area contributed by atoms with Crippen LogP contribution in [0.1, 0.15) is 13.8 Å². The van der Waals surface area contributed by atoms with Gasteiger partial charge in [0.1, 0.15) is 5.54 Å². The smallest absolute Gasteiger partial charge is 0.410 e. The first-order valence-electron chi connectivity index (χ1n) is 4.85. The predicted molar refractivity (Wildman–Crippen MR) is 59.3 cm³/mol. The van der Waals surface area contributed by atoms with E-state index in [1.807, 2.05) is 0 Å². The van der Waals surface area contributed by atoms with Crippen LogP contribution in [0.3, 0.4) is 0 Å². The summed E-state index contributed by atoms with van der Waals surface area (Å²) in [5, 5.41) is 28.2. The van der Waals surface area contributed by atoms with Crippen molar-refractivity contribution in [3.05, 3.63) is 16.4 Å². The lowest BCUT2D eigenvalue weighted by Crippen LogP contribution is -2.45. The number of carbonyl (C=O) groups is 1. The van der Waals surface area contributed by atoms with Gasteiger partial charge in [0.05, 0.1) is 0 Å². The van der Waals surface area contributed by atoms with E-state index in [0.29, 0.717) is 0 Å². The van der Waals surface area contributed by atoms with Gasteiger partial charge >= 0.3 is 5.95 Å². The Morgan fingerprint density at radius 3 is 2.67 bits per heavy atom. The molecule has 1 rings (SSSR count). The van der Waals surface area contributed by atoms with Crippen molar-refractivity contribution in [3.63, 3.8) is 0 Å². The molecule has 1 heterocycles. The second-order valence-electron chi connectivity index (χ2n) is 3.83. The van der Waals surface area contributed by atoms with Gasteiger partial charge in [-0.05, 0) is 18.8 Å². The zero-order valence-electron chi connectivity index (χ0n) is 9.99. The minimum Gasteiger partial charge on any atom is -0.410 e. The number of nitrogens with one attached hydrogen (secondary N) is 1. The lowest BCUT2D eigenvalue weighted by Gasteiger charge is -2.21. The SMILES string of the molecule is CNC(=O)C(=NO)C(C)(C)n1cnc([N+](=O)[O-])n1. The summed E-state index contributed by atoms with van der Waals surface area (Å²) >= 11 is 0. The van der Waals surface area contributed by atoms with Gasteiger partial charge in [-0.1, -0.05) is 10.1 Å². The fourth-order valence-electron chi connectivity index (χ4n) is 1.28.